The predicted octanol–water partition coefficient (Wildman–Crippen LogP) is 3.20. The van der Waals surface area contributed by atoms with Crippen molar-refractivity contribution in [2.75, 3.05) is 0 Å². The molecule has 0 saturated heterocycles. The minimum atomic E-state index is -0.114. The van der Waals surface area contributed by atoms with Gasteiger partial charge in [0.25, 0.3) is 0 Å². The summed E-state index contributed by atoms with van der Waals surface area (Å²) in [5.74, 6) is 0. The van der Waals surface area contributed by atoms with Gasteiger partial charge in [0, 0.05) is 38.7 Å². The molecule has 0 aliphatic heterocycles. The average Bonchev–Trinajstić information content (AvgIpc) is 2.55. The predicted molar refractivity (Wildman–Crippen MR) is 79.9 cm³/mol. The van der Waals surface area contributed by atoms with Gasteiger partial charge in [0.15, 0.2) is 5.43 Å². The van der Waals surface area contributed by atoms with Crippen LogP contribution in [0.4, 0.5) is 0 Å². The van der Waals surface area contributed by atoms with Gasteiger partial charge in [0.05, 0.1) is 11.0 Å². The van der Waals surface area contributed by atoms with E-state index in [9.17, 15) is 4.79 Å². The van der Waals surface area contributed by atoms with Crippen molar-refractivity contribution in [3.05, 3.63) is 71.3 Å². The van der Waals surface area contributed by atoms with Crippen LogP contribution < -0.4 is 5.43 Å². The van der Waals surface area contributed by atoms with E-state index < -0.39 is 0 Å². The van der Waals surface area contributed by atoms with Crippen molar-refractivity contribution < 1.29 is 24.5 Å². The first-order valence-corrected chi connectivity index (χ1v) is 6.47. The van der Waals surface area contributed by atoms with Crippen LogP contribution in [0.15, 0.2) is 64.2 Å². The zero-order chi connectivity index (χ0) is 14.2. The number of hydrogen-bond donors (Lipinski definition) is 0. The van der Waals surface area contributed by atoms with Gasteiger partial charge in [-0.25, -0.2) is 0 Å². The van der Waals surface area contributed by atoms with E-state index in [1.54, 1.807) is 30.6 Å². The maximum atomic E-state index is 12.7. The van der Waals surface area contributed by atoms with Crippen LogP contribution in [-0.2, 0) is 20.1 Å². The molecular weight excluding hydrogens is 456 g/mol. The van der Waals surface area contributed by atoms with Gasteiger partial charge in [-0.05, 0) is 23.2 Å². The molecule has 0 N–H and O–H groups in total. The number of nitrogens with zero attached hydrogens (tertiary/aromatic N) is 2. The Labute approximate surface area is 139 Å². The molecule has 0 spiro atoms. The molecular formula is C17H9IrN2O2-. The molecule has 3 aromatic heterocycles. The second kappa shape index (κ2) is 5.79. The van der Waals surface area contributed by atoms with Crippen LogP contribution in [0.25, 0.3) is 33.2 Å². The van der Waals surface area contributed by atoms with Crippen LogP contribution in [-0.4, -0.2) is 9.97 Å². The summed E-state index contributed by atoms with van der Waals surface area (Å²) in [7, 11) is 0. The molecule has 4 rings (SSSR count). The van der Waals surface area contributed by atoms with Crippen molar-refractivity contribution in [1.29, 1.82) is 0 Å². The third-order valence-electron chi connectivity index (χ3n) is 3.35. The zero-order valence-electron chi connectivity index (χ0n) is 11.2. The minimum absolute atomic E-state index is 0. The van der Waals surface area contributed by atoms with Gasteiger partial charge < -0.3 is 9.40 Å². The number of benzene rings is 1. The molecule has 4 nitrogen and oxygen atoms in total. The van der Waals surface area contributed by atoms with E-state index in [-0.39, 0.29) is 25.5 Å². The number of rotatable bonds is 1. The van der Waals surface area contributed by atoms with Crippen molar-refractivity contribution in [1.82, 2.24) is 9.97 Å². The van der Waals surface area contributed by atoms with Crippen molar-refractivity contribution in [3.63, 3.8) is 0 Å². The summed E-state index contributed by atoms with van der Waals surface area (Å²) in [4.78, 5) is 21.0. The molecule has 4 aromatic rings. The van der Waals surface area contributed by atoms with Crippen LogP contribution in [0.3, 0.4) is 0 Å². The molecule has 0 fully saturated rings. The van der Waals surface area contributed by atoms with Crippen molar-refractivity contribution in [2.24, 2.45) is 0 Å². The van der Waals surface area contributed by atoms with Gasteiger partial charge in [-0.3, -0.25) is 9.78 Å². The first-order chi connectivity index (χ1) is 10.3. The Bertz CT molecular complexity index is 1010. The molecule has 0 atom stereocenters. The maximum absolute atomic E-state index is 12.7. The fraction of sp³-hybridized carbons (Fsp3) is 0. The van der Waals surface area contributed by atoms with Crippen LogP contribution in [0.1, 0.15) is 0 Å². The normalized spacial score (nSPS) is 10.5. The largest absolute Gasteiger partial charge is 0.475 e. The third-order valence-corrected chi connectivity index (χ3v) is 3.35. The number of fused-ring (bicyclic) bond motifs is 2. The third kappa shape index (κ3) is 2.25. The van der Waals surface area contributed by atoms with E-state index in [1.807, 2.05) is 18.2 Å². The minimum Gasteiger partial charge on any atom is -0.475 e. The molecule has 0 bridgehead atoms. The Morgan fingerprint density at radius 1 is 1.05 bits per heavy atom. The Balaban J connectivity index is 0.00000144. The smallest absolute Gasteiger partial charge is 0.161 e. The molecule has 1 radical (unpaired) electrons. The van der Waals surface area contributed by atoms with E-state index in [0.29, 0.717) is 33.2 Å². The van der Waals surface area contributed by atoms with Gasteiger partial charge in [-0.1, -0.05) is 18.2 Å². The monoisotopic (exact) mass is 466 g/mol. The van der Waals surface area contributed by atoms with Crippen LogP contribution in [0.5, 0.6) is 0 Å². The van der Waals surface area contributed by atoms with Crippen LogP contribution in [0, 0.1) is 6.07 Å². The molecule has 1 aromatic carbocycles. The molecule has 5 heteroatoms. The van der Waals surface area contributed by atoms with Gasteiger partial charge in [0.1, 0.15) is 5.58 Å². The molecule has 0 aliphatic carbocycles. The fourth-order valence-electron chi connectivity index (χ4n) is 2.40. The summed E-state index contributed by atoms with van der Waals surface area (Å²) in [6.45, 7) is 0. The maximum Gasteiger partial charge on any atom is 0.161 e. The number of aromatic nitrogens is 2. The van der Waals surface area contributed by atoms with Crippen molar-refractivity contribution in [2.45, 2.75) is 0 Å². The second-order valence-electron chi connectivity index (χ2n) is 4.61. The summed E-state index contributed by atoms with van der Waals surface area (Å²) >= 11 is 0. The summed E-state index contributed by atoms with van der Waals surface area (Å²) < 4.78 is 5.80. The van der Waals surface area contributed by atoms with Crippen LogP contribution >= 0.6 is 0 Å². The average molecular weight is 465 g/mol. The first kappa shape index (κ1) is 14.6. The molecule has 109 valence electrons. The second-order valence-corrected chi connectivity index (χ2v) is 4.61. The van der Waals surface area contributed by atoms with Gasteiger partial charge in [0.2, 0.25) is 0 Å². The summed E-state index contributed by atoms with van der Waals surface area (Å²) in [5.41, 5.74) is 2.28. The van der Waals surface area contributed by atoms with Gasteiger partial charge in [-0.2, -0.15) is 0 Å². The van der Waals surface area contributed by atoms with Gasteiger partial charge in [-0.15, -0.1) is 17.7 Å². The Morgan fingerprint density at radius 3 is 2.77 bits per heavy atom. The van der Waals surface area contributed by atoms with E-state index in [0.717, 1.165) is 0 Å². The summed E-state index contributed by atoms with van der Waals surface area (Å²) in [6, 6.07) is 13.8. The quantitative estimate of drug-likeness (QED) is 0.320. The number of hydrogen-bond acceptors (Lipinski definition) is 4. The number of pyridine rings is 2. The molecule has 22 heavy (non-hydrogen) atoms. The topological polar surface area (TPSA) is 56.0 Å². The molecule has 0 aliphatic rings. The van der Waals surface area contributed by atoms with Crippen molar-refractivity contribution in [3.8, 4) is 11.3 Å². The van der Waals surface area contributed by atoms with E-state index in [4.69, 9.17) is 4.42 Å². The molecule has 3 heterocycles. The Kier molecular flexibility index (Phi) is 3.84. The fourth-order valence-corrected chi connectivity index (χ4v) is 2.40. The van der Waals surface area contributed by atoms with E-state index in [2.05, 4.69) is 16.0 Å². The van der Waals surface area contributed by atoms with Crippen LogP contribution in [0.2, 0.25) is 0 Å². The zero-order valence-corrected chi connectivity index (χ0v) is 13.6. The first-order valence-electron chi connectivity index (χ1n) is 6.47. The molecule has 0 saturated carbocycles. The van der Waals surface area contributed by atoms with E-state index >= 15 is 0 Å². The Morgan fingerprint density at radius 2 is 1.95 bits per heavy atom. The summed E-state index contributed by atoms with van der Waals surface area (Å²) in [5, 5.41) is 0.943. The molecule has 0 amide bonds. The SMILES string of the molecule is O=c1c2cnccc2oc2cc[c-]c(-c3ccccn3)c12.[Ir]. The molecule has 0 unspecified atom stereocenters. The van der Waals surface area contributed by atoms with Crippen molar-refractivity contribution >= 4 is 21.9 Å². The van der Waals surface area contributed by atoms with E-state index in [1.165, 1.54) is 6.20 Å². The van der Waals surface area contributed by atoms with Gasteiger partial charge >= 0.3 is 0 Å². The summed E-state index contributed by atoms with van der Waals surface area (Å²) in [6.07, 6.45) is 4.81. The standard InChI is InChI=1S/C17H9N2O2.Ir/c20-17-12-10-18-9-7-14(12)21-15-6-3-4-11(16(15)17)13-5-1-2-8-19-13;/h1-3,5-10H;/q-1;. The Hall–Kier alpha value is -2.36.